The van der Waals surface area contributed by atoms with Crippen molar-refractivity contribution in [2.75, 3.05) is 13.1 Å². The van der Waals surface area contributed by atoms with Crippen molar-refractivity contribution in [1.82, 2.24) is 15.0 Å². The maximum absolute atomic E-state index is 11.7. The molecule has 0 spiro atoms. The minimum atomic E-state index is -1.56. The number of nitrogens with two attached hydrogens (primary N) is 6. The van der Waals surface area contributed by atoms with Gasteiger partial charge in [0.25, 0.3) is 0 Å². The van der Waals surface area contributed by atoms with Crippen LogP contribution in [0.4, 0.5) is 0 Å². The van der Waals surface area contributed by atoms with E-state index in [1.807, 2.05) is 0 Å². The third-order valence-corrected chi connectivity index (χ3v) is 10.4. The fourth-order valence-corrected chi connectivity index (χ4v) is 7.20. The monoisotopic (exact) mass is 749 g/mol. The number of hydrogen-bond acceptors (Lipinski definition) is 20. The molecule has 300 valence electrons. The summed E-state index contributed by atoms with van der Waals surface area (Å²) < 4.78 is 37.9. The molecule has 0 aromatic carbocycles. The summed E-state index contributed by atoms with van der Waals surface area (Å²) in [6.45, 7) is 1.85. The van der Waals surface area contributed by atoms with E-state index < -0.39 is 116 Å². The van der Waals surface area contributed by atoms with E-state index in [1.54, 1.807) is 6.20 Å². The van der Waals surface area contributed by atoms with Crippen molar-refractivity contribution in [3.8, 4) is 0 Å². The van der Waals surface area contributed by atoms with Crippen LogP contribution in [0.3, 0.4) is 0 Å². The molecule has 0 unspecified atom stereocenters. The van der Waals surface area contributed by atoms with Gasteiger partial charge < -0.3 is 93.5 Å². The van der Waals surface area contributed by atoms with E-state index in [4.69, 9.17) is 62.8 Å². The Balaban J connectivity index is 1.36. The number of hydrogen-bond donors (Lipinski definition) is 12. The predicted molar refractivity (Wildman–Crippen MR) is 179 cm³/mol. The Bertz CT molecular complexity index is 1240. The molecule has 1 saturated carbocycles. The summed E-state index contributed by atoms with van der Waals surface area (Å²) in [6, 6.07) is -4.17. The molecule has 1 aromatic rings. The maximum atomic E-state index is 11.7. The van der Waals surface area contributed by atoms with Gasteiger partial charge in [-0.3, -0.25) is 0 Å². The van der Waals surface area contributed by atoms with Crippen molar-refractivity contribution in [3.63, 3.8) is 0 Å². The lowest BCUT2D eigenvalue weighted by atomic mass is 9.84. The lowest BCUT2D eigenvalue weighted by Crippen LogP contribution is -2.68. The normalized spacial score (nSPS) is 45.8. The molecule has 0 bridgehead atoms. The zero-order chi connectivity index (χ0) is 37.9. The van der Waals surface area contributed by atoms with Crippen LogP contribution in [0.1, 0.15) is 44.7 Å². The number of aromatic nitrogens is 3. The smallest absolute Gasteiger partial charge is 0.187 e. The molecule has 3 saturated heterocycles. The van der Waals surface area contributed by atoms with E-state index in [0.29, 0.717) is 0 Å². The summed E-state index contributed by atoms with van der Waals surface area (Å²) >= 11 is 0. The molecule has 52 heavy (non-hydrogen) atoms. The van der Waals surface area contributed by atoms with Crippen LogP contribution in [0, 0.1) is 0 Å². The van der Waals surface area contributed by atoms with Gasteiger partial charge in [-0.2, -0.15) is 0 Å². The molecule has 0 radical (unpaired) electrons. The fourth-order valence-electron chi connectivity index (χ4n) is 7.20. The van der Waals surface area contributed by atoms with Gasteiger partial charge in [-0.15, -0.1) is 5.10 Å². The van der Waals surface area contributed by atoms with Crippen LogP contribution in [0.5, 0.6) is 0 Å². The molecule has 4 aliphatic rings. The first-order valence-electron chi connectivity index (χ1n) is 18.1. The van der Waals surface area contributed by atoms with E-state index in [0.717, 1.165) is 37.8 Å². The second-order valence-electron chi connectivity index (χ2n) is 14.3. The Labute approximate surface area is 301 Å². The standard InChI is InChI=1S/C31H59N9O12/c1-2-3-4-5-6-12-10-40(39-38-12)11-17-27(51-30-19(37)24(45)22(43)16(9-33)48-30)25(46)31(49-17)52-28-20(41)13(34)7-14(35)26(28)50-29-18(36)23(44)21(42)15(8-32)47-29/h10,13-31,41-46H,2-9,11,32-37H2,1H3/t13-,14+,15-,16+,17-,18-,19-,20+,21-,22-,23-,24-,25-,26-,27-,28-,29-,30-,31+/m1/s1. The van der Waals surface area contributed by atoms with Crippen molar-refractivity contribution >= 4 is 0 Å². The lowest BCUT2D eigenvalue weighted by molar-refractivity contribution is -0.306. The summed E-state index contributed by atoms with van der Waals surface area (Å²) in [5.41, 5.74) is 37.3. The van der Waals surface area contributed by atoms with Crippen molar-refractivity contribution < 1.29 is 59.1 Å². The molecule has 21 heteroatoms. The van der Waals surface area contributed by atoms with Gasteiger partial charge in [0.1, 0.15) is 67.1 Å². The summed E-state index contributed by atoms with van der Waals surface area (Å²) in [5.74, 6) is 0. The fraction of sp³-hybridized carbons (Fsp3) is 0.935. The average molecular weight is 750 g/mol. The first-order valence-corrected chi connectivity index (χ1v) is 18.1. The Kier molecular flexibility index (Phi) is 14.7. The van der Waals surface area contributed by atoms with Crippen LogP contribution in [0.2, 0.25) is 0 Å². The van der Waals surface area contributed by atoms with Crippen LogP contribution in [0.25, 0.3) is 0 Å². The van der Waals surface area contributed by atoms with Gasteiger partial charge >= 0.3 is 0 Å². The molecule has 19 atom stereocenters. The molecule has 1 aromatic heterocycles. The zero-order valence-electron chi connectivity index (χ0n) is 29.3. The highest BCUT2D eigenvalue weighted by Crippen LogP contribution is 2.35. The zero-order valence-corrected chi connectivity index (χ0v) is 29.3. The minimum absolute atomic E-state index is 0.0225. The summed E-state index contributed by atoms with van der Waals surface area (Å²) in [7, 11) is 0. The summed E-state index contributed by atoms with van der Waals surface area (Å²) in [6.07, 6.45) is -12.6. The van der Waals surface area contributed by atoms with E-state index in [2.05, 4.69) is 17.2 Å². The molecular weight excluding hydrogens is 690 g/mol. The maximum Gasteiger partial charge on any atom is 0.187 e. The minimum Gasteiger partial charge on any atom is -0.389 e. The molecule has 0 amide bonds. The Morgan fingerprint density at radius 2 is 1.23 bits per heavy atom. The molecule has 1 aliphatic carbocycles. The topological polar surface area (TPSA) is 364 Å². The molecular formula is C31H59N9O12. The van der Waals surface area contributed by atoms with Crippen LogP contribution >= 0.6 is 0 Å². The van der Waals surface area contributed by atoms with Gasteiger partial charge in [0.05, 0.1) is 30.4 Å². The Morgan fingerprint density at radius 1 is 0.673 bits per heavy atom. The van der Waals surface area contributed by atoms with E-state index in [1.165, 1.54) is 4.68 Å². The number of aliphatic hydroxyl groups is 6. The molecule has 4 heterocycles. The van der Waals surface area contributed by atoms with E-state index in [-0.39, 0.29) is 26.1 Å². The SMILES string of the molecule is CCCCCCc1cn(C[C@H]2O[C@@H](O[C@@H]3[C@@H](O)[C@H](N)C[C@H](N)[C@H]3O[C@H]3O[C@H](CN)[C@@H](O)[C@H](O)[C@H]3N)[C@H](O)[C@@H]2O[C@H]2O[C@@H](CN)[C@@H](O)[C@H](O)[C@H]2N)nn1. The molecule has 3 aliphatic heterocycles. The third kappa shape index (κ3) is 9.09. The van der Waals surface area contributed by atoms with Crippen LogP contribution in [0.15, 0.2) is 6.20 Å². The highest BCUT2D eigenvalue weighted by molar-refractivity contribution is 5.02. The van der Waals surface area contributed by atoms with Crippen molar-refractivity contribution in [1.29, 1.82) is 0 Å². The second-order valence-corrected chi connectivity index (χ2v) is 14.3. The lowest BCUT2D eigenvalue weighted by Gasteiger charge is -2.47. The third-order valence-electron chi connectivity index (χ3n) is 10.4. The van der Waals surface area contributed by atoms with Gasteiger partial charge in [0.15, 0.2) is 18.9 Å². The van der Waals surface area contributed by atoms with E-state index in [9.17, 15) is 30.6 Å². The first-order chi connectivity index (χ1) is 24.8. The van der Waals surface area contributed by atoms with Crippen LogP contribution in [-0.4, -0.2) is 175 Å². The molecule has 21 nitrogen and oxygen atoms in total. The Hall–Kier alpha value is -1.58. The van der Waals surface area contributed by atoms with Gasteiger partial charge in [-0.1, -0.05) is 31.4 Å². The van der Waals surface area contributed by atoms with Gasteiger partial charge in [-0.25, -0.2) is 4.68 Å². The number of ether oxygens (including phenoxy) is 6. The highest BCUT2D eigenvalue weighted by Gasteiger charge is 2.54. The van der Waals surface area contributed by atoms with E-state index >= 15 is 0 Å². The van der Waals surface area contributed by atoms with Gasteiger partial charge in [0.2, 0.25) is 0 Å². The molecule has 18 N–H and O–H groups in total. The largest absolute Gasteiger partial charge is 0.389 e. The predicted octanol–water partition coefficient (Wildman–Crippen LogP) is -6.47. The van der Waals surface area contributed by atoms with Crippen molar-refractivity contribution in [3.05, 3.63) is 11.9 Å². The van der Waals surface area contributed by atoms with Gasteiger partial charge in [-0.05, 0) is 19.3 Å². The number of nitrogens with zero attached hydrogens (tertiary/aromatic N) is 3. The molecule has 5 rings (SSSR count). The molecule has 4 fully saturated rings. The van der Waals surface area contributed by atoms with Gasteiger partial charge in [0, 0.05) is 31.4 Å². The van der Waals surface area contributed by atoms with Crippen LogP contribution < -0.4 is 34.4 Å². The van der Waals surface area contributed by atoms with Crippen molar-refractivity contribution in [2.24, 2.45) is 34.4 Å². The quantitative estimate of drug-likeness (QED) is 0.0742. The number of unbranched alkanes of at least 4 members (excludes halogenated alkanes) is 3. The second kappa shape index (κ2) is 18.4. The van der Waals surface area contributed by atoms with Crippen LogP contribution in [-0.2, 0) is 41.4 Å². The number of aryl methyl sites for hydroxylation is 1. The number of aliphatic hydroxyl groups excluding tert-OH is 6. The average Bonchev–Trinajstić information content (AvgIpc) is 3.69. The highest BCUT2D eigenvalue weighted by atomic mass is 16.8. The summed E-state index contributed by atoms with van der Waals surface area (Å²) in [4.78, 5) is 0. The summed E-state index contributed by atoms with van der Waals surface area (Å²) in [5, 5.41) is 73.3. The van der Waals surface area contributed by atoms with Crippen molar-refractivity contribution in [2.45, 2.75) is 168 Å². The number of rotatable bonds is 15. The first kappa shape index (κ1) is 41.6. The Morgan fingerprint density at radius 3 is 1.81 bits per heavy atom.